The lowest BCUT2D eigenvalue weighted by Gasteiger charge is -2.20. The van der Waals surface area contributed by atoms with Crippen molar-refractivity contribution in [3.8, 4) is 0 Å². The molecule has 1 aliphatic rings. The number of aliphatic imine (C=N–C) groups is 1. The third kappa shape index (κ3) is 4.94. The van der Waals surface area contributed by atoms with Crippen molar-refractivity contribution in [3.63, 3.8) is 0 Å². The molecule has 0 saturated carbocycles. The number of nitrogens with one attached hydrogen (secondary N) is 2. The Bertz CT molecular complexity index is 987. The Kier molecular flexibility index (Phi) is 6.22. The SMILES string of the molecule is CN=C(NCc1cccc(Cn2ccnc2)c1)NC1CCN(c2ncccc2F)C1. The molecule has 0 spiro atoms. The number of aromatic nitrogens is 3. The van der Waals surface area contributed by atoms with Crippen LogP contribution in [0.4, 0.5) is 10.2 Å². The molecular formula is C22H26FN7. The molecule has 0 amide bonds. The van der Waals surface area contributed by atoms with Crippen LogP contribution in [0.5, 0.6) is 0 Å². The molecule has 0 aliphatic carbocycles. The highest BCUT2D eigenvalue weighted by Crippen LogP contribution is 2.20. The zero-order valence-electron chi connectivity index (χ0n) is 17.0. The number of guanidine groups is 1. The molecule has 2 aromatic heterocycles. The topological polar surface area (TPSA) is 70.4 Å². The summed E-state index contributed by atoms with van der Waals surface area (Å²) >= 11 is 0. The lowest BCUT2D eigenvalue weighted by molar-refractivity contribution is 0.612. The number of pyridine rings is 1. The van der Waals surface area contributed by atoms with Gasteiger partial charge >= 0.3 is 0 Å². The molecule has 1 aliphatic heterocycles. The van der Waals surface area contributed by atoms with Crippen LogP contribution in [0, 0.1) is 5.82 Å². The van der Waals surface area contributed by atoms with Crippen LogP contribution in [0.1, 0.15) is 17.5 Å². The summed E-state index contributed by atoms with van der Waals surface area (Å²) in [6.07, 6.45) is 8.09. The van der Waals surface area contributed by atoms with Crippen molar-refractivity contribution in [1.82, 2.24) is 25.2 Å². The van der Waals surface area contributed by atoms with E-state index in [9.17, 15) is 4.39 Å². The zero-order chi connectivity index (χ0) is 20.8. The molecule has 7 nitrogen and oxygen atoms in total. The summed E-state index contributed by atoms with van der Waals surface area (Å²) in [5.41, 5.74) is 2.40. The second-order valence-corrected chi connectivity index (χ2v) is 7.37. The monoisotopic (exact) mass is 407 g/mol. The average Bonchev–Trinajstić information content (AvgIpc) is 3.44. The van der Waals surface area contributed by atoms with Crippen LogP contribution in [0.25, 0.3) is 0 Å². The van der Waals surface area contributed by atoms with Gasteiger partial charge in [-0.25, -0.2) is 14.4 Å². The maximum Gasteiger partial charge on any atom is 0.191 e. The minimum absolute atomic E-state index is 0.185. The van der Waals surface area contributed by atoms with E-state index in [-0.39, 0.29) is 11.9 Å². The lowest BCUT2D eigenvalue weighted by Crippen LogP contribution is -2.44. The van der Waals surface area contributed by atoms with Gasteiger partial charge in [-0.3, -0.25) is 4.99 Å². The fraction of sp³-hybridized carbons (Fsp3) is 0.318. The number of rotatable bonds is 6. The van der Waals surface area contributed by atoms with Gasteiger partial charge in [0.05, 0.1) is 6.33 Å². The Morgan fingerprint density at radius 2 is 2.13 bits per heavy atom. The molecule has 1 saturated heterocycles. The average molecular weight is 407 g/mol. The molecule has 1 atom stereocenters. The summed E-state index contributed by atoms with van der Waals surface area (Å²) in [5.74, 6) is 0.874. The zero-order valence-corrected chi connectivity index (χ0v) is 17.0. The molecule has 0 bridgehead atoms. The fourth-order valence-corrected chi connectivity index (χ4v) is 3.68. The van der Waals surface area contributed by atoms with E-state index in [0.717, 1.165) is 25.5 Å². The summed E-state index contributed by atoms with van der Waals surface area (Å²) in [6, 6.07) is 11.7. The summed E-state index contributed by atoms with van der Waals surface area (Å²) in [6.45, 7) is 2.92. The van der Waals surface area contributed by atoms with E-state index in [1.54, 1.807) is 25.5 Å². The first-order valence-corrected chi connectivity index (χ1v) is 10.1. The lowest BCUT2D eigenvalue weighted by atomic mass is 10.1. The van der Waals surface area contributed by atoms with Crippen LogP contribution in [-0.4, -0.2) is 46.7 Å². The number of hydrogen-bond acceptors (Lipinski definition) is 4. The van der Waals surface area contributed by atoms with Crippen LogP contribution in [-0.2, 0) is 13.1 Å². The van der Waals surface area contributed by atoms with Crippen molar-refractivity contribution < 1.29 is 4.39 Å². The summed E-state index contributed by atoms with van der Waals surface area (Å²) in [4.78, 5) is 14.6. The Labute approximate surface area is 175 Å². The van der Waals surface area contributed by atoms with E-state index in [1.807, 2.05) is 22.0 Å². The number of hydrogen-bond donors (Lipinski definition) is 2. The first-order valence-electron chi connectivity index (χ1n) is 10.1. The van der Waals surface area contributed by atoms with Gasteiger partial charge in [0.25, 0.3) is 0 Å². The molecule has 3 heterocycles. The molecule has 1 unspecified atom stereocenters. The van der Waals surface area contributed by atoms with E-state index < -0.39 is 0 Å². The van der Waals surface area contributed by atoms with Crippen LogP contribution >= 0.6 is 0 Å². The number of nitrogens with zero attached hydrogens (tertiary/aromatic N) is 5. The van der Waals surface area contributed by atoms with Crippen molar-refractivity contribution in [2.75, 3.05) is 25.0 Å². The van der Waals surface area contributed by atoms with Crippen molar-refractivity contribution in [3.05, 3.63) is 78.3 Å². The molecule has 0 radical (unpaired) electrons. The van der Waals surface area contributed by atoms with Gasteiger partial charge in [0.15, 0.2) is 17.6 Å². The third-order valence-electron chi connectivity index (χ3n) is 5.17. The predicted octanol–water partition coefficient (Wildman–Crippen LogP) is 2.41. The second kappa shape index (κ2) is 9.39. The summed E-state index contributed by atoms with van der Waals surface area (Å²) in [5, 5.41) is 6.82. The van der Waals surface area contributed by atoms with Gasteiger partial charge < -0.3 is 20.1 Å². The molecule has 8 heteroatoms. The minimum Gasteiger partial charge on any atom is -0.352 e. The van der Waals surface area contributed by atoms with Gasteiger partial charge in [-0.05, 0) is 29.7 Å². The van der Waals surface area contributed by atoms with Crippen molar-refractivity contribution >= 4 is 11.8 Å². The third-order valence-corrected chi connectivity index (χ3v) is 5.17. The maximum absolute atomic E-state index is 14.0. The molecule has 1 aromatic carbocycles. The quantitative estimate of drug-likeness (QED) is 0.485. The molecule has 1 fully saturated rings. The van der Waals surface area contributed by atoms with Crippen LogP contribution < -0.4 is 15.5 Å². The van der Waals surface area contributed by atoms with Crippen molar-refractivity contribution in [2.24, 2.45) is 4.99 Å². The normalized spacial score (nSPS) is 16.7. The van der Waals surface area contributed by atoms with Crippen molar-refractivity contribution in [2.45, 2.75) is 25.6 Å². The highest BCUT2D eigenvalue weighted by Gasteiger charge is 2.25. The number of halogens is 1. The van der Waals surface area contributed by atoms with E-state index >= 15 is 0 Å². The van der Waals surface area contributed by atoms with Gasteiger partial charge in [0.1, 0.15) is 0 Å². The van der Waals surface area contributed by atoms with E-state index in [2.05, 4.69) is 49.9 Å². The summed E-state index contributed by atoms with van der Waals surface area (Å²) < 4.78 is 16.0. The first-order chi connectivity index (χ1) is 14.7. The Morgan fingerprint density at radius 3 is 2.93 bits per heavy atom. The van der Waals surface area contributed by atoms with Crippen LogP contribution in [0.15, 0.2) is 66.3 Å². The van der Waals surface area contributed by atoms with Gasteiger partial charge in [-0.2, -0.15) is 0 Å². The molecule has 2 N–H and O–H groups in total. The largest absolute Gasteiger partial charge is 0.352 e. The van der Waals surface area contributed by atoms with Gasteiger partial charge in [0.2, 0.25) is 0 Å². The number of benzene rings is 1. The highest BCUT2D eigenvalue weighted by molar-refractivity contribution is 5.80. The minimum atomic E-state index is -0.281. The molecule has 4 rings (SSSR count). The summed E-state index contributed by atoms with van der Waals surface area (Å²) in [7, 11) is 1.76. The smallest absolute Gasteiger partial charge is 0.191 e. The predicted molar refractivity (Wildman–Crippen MR) is 116 cm³/mol. The maximum atomic E-state index is 14.0. The molecular weight excluding hydrogens is 381 g/mol. The van der Waals surface area contributed by atoms with E-state index in [4.69, 9.17) is 0 Å². The van der Waals surface area contributed by atoms with Gasteiger partial charge in [-0.1, -0.05) is 24.3 Å². The Hall–Kier alpha value is -3.42. The van der Waals surface area contributed by atoms with E-state index in [1.165, 1.54) is 17.2 Å². The standard InChI is InChI=1S/C22H26FN7/c1-24-22(28-19-7-10-30(15-19)21-20(23)6-3-8-26-21)27-13-17-4-2-5-18(12-17)14-29-11-9-25-16-29/h2-6,8-9,11-12,16,19H,7,10,13-15H2,1H3,(H2,24,27,28). The highest BCUT2D eigenvalue weighted by atomic mass is 19.1. The van der Waals surface area contributed by atoms with E-state index in [0.29, 0.717) is 18.9 Å². The van der Waals surface area contributed by atoms with Crippen LogP contribution in [0.2, 0.25) is 0 Å². The Balaban J connectivity index is 1.30. The number of anilines is 1. The molecule has 30 heavy (non-hydrogen) atoms. The van der Waals surface area contributed by atoms with Crippen molar-refractivity contribution in [1.29, 1.82) is 0 Å². The second-order valence-electron chi connectivity index (χ2n) is 7.37. The molecule has 3 aromatic rings. The fourth-order valence-electron chi connectivity index (χ4n) is 3.68. The molecule has 156 valence electrons. The van der Waals surface area contributed by atoms with Crippen LogP contribution in [0.3, 0.4) is 0 Å². The number of imidazole rings is 1. The van der Waals surface area contributed by atoms with Gasteiger partial charge in [-0.15, -0.1) is 0 Å². The Morgan fingerprint density at radius 1 is 1.23 bits per heavy atom. The first kappa shape index (κ1) is 19.9. The van der Waals surface area contributed by atoms with Gasteiger partial charge in [0, 0.05) is 57.9 Å².